The van der Waals surface area contributed by atoms with Crippen LogP contribution < -0.4 is 5.32 Å². The zero-order valence-corrected chi connectivity index (χ0v) is 11.5. The minimum Gasteiger partial charge on any atom is -0.379 e. The fraction of sp³-hybridized carbons (Fsp3) is 0.600. The van der Waals surface area contributed by atoms with Crippen LogP contribution in [0.15, 0.2) is 24.3 Å². The van der Waals surface area contributed by atoms with Crippen molar-refractivity contribution in [2.24, 2.45) is 0 Å². The van der Waals surface area contributed by atoms with Crippen molar-refractivity contribution in [1.29, 1.82) is 0 Å². The summed E-state index contributed by atoms with van der Waals surface area (Å²) in [6.45, 7) is 10.2. The normalized spacial score (nSPS) is 13.0. The van der Waals surface area contributed by atoms with Gasteiger partial charge in [0.05, 0.1) is 6.10 Å². The van der Waals surface area contributed by atoms with E-state index >= 15 is 0 Å². The van der Waals surface area contributed by atoms with E-state index in [0.717, 1.165) is 19.6 Å². The molecule has 0 heterocycles. The Hall–Kier alpha value is -0.860. The second-order valence-electron chi connectivity index (χ2n) is 4.73. The van der Waals surface area contributed by atoms with Gasteiger partial charge in [0.2, 0.25) is 0 Å². The molecule has 0 saturated heterocycles. The van der Waals surface area contributed by atoms with E-state index in [4.69, 9.17) is 4.74 Å². The van der Waals surface area contributed by atoms with Crippen molar-refractivity contribution in [1.82, 2.24) is 5.32 Å². The number of aryl methyl sites for hydroxylation is 1. The maximum Gasteiger partial charge on any atom is 0.0518 e. The monoisotopic (exact) mass is 235 g/mol. The number of hydrogen-bond donors (Lipinski definition) is 1. The minimum absolute atomic E-state index is 0.315. The molecule has 96 valence electrons. The molecule has 0 saturated carbocycles. The summed E-state index contributed by atoms with van der Waals surface area (Å²) >= 11 is 0. The van der Waals surface area contributed by atoms with Crippen molar-refractivity contribution in [2.45, 2.75) is 46.3 Å². The van der Waals surface area contributed by atoms with E-state index < -0.39 is 0 Å². The van der Waals surface area contributed by atoms with E-state index in [0.29, 0.717) is 12.1 Å². The van der Waals surface area contributed by atoms with Crippen LogP contribution in [0.1, 0.15) is 44.4 Å². The molecule has 0 aromatic heterocycles. The molecule has 0 amide bonds. The van der Waals surface area contributed by atoms with Crippen molar-refractivity contribution >= 4 is 0 Å². The molecule has 0 radical (unpaired) electrons. The quantitative estimate of drug-likeness (QED) is 0.781. The summed E-state index contributed by atoms with van der Waals surface area (Å²) < 4.78 is 5.62. The van der Waals surface area contributed by atoms with Crippen molar-refractivity contribution in [2.75, 3.05) is 13.2 Å². The highest BCUT2D eigenvalue weighted by atomic mass is 16.5. The van der Waals surface area contributed by atoms with Gasteiger partial charge in [0.15, 0.2) is 0 Å². The lowest BCUT2D eigenvalue weighted by molar-refractivity contribution is 0.0716. The van der Waals surface area contributed by atoms with Crippen molar-refractivity contribution in [3.63, 3.8) is 0 Å². The molecular weight excluding hydrogens is 210 g/mol. The molecule has 0 aliphatic heterocycles. The third-order valence-electron chi connectivity index (χ3n) is 2.79. The van der Waals surface area contributed by atoms with Crippen molar-refractivity contribution in [3.8, 4) is 0 Å². The first kappa shape index (κ1) is 14.2. The summed E-state index contributed by atoms with van der Waals surface area (Å²) in [6, 6.07) is 9.15. The van der Waals surface area contributed by atoms with E-state index in [9.17, 15) is 0 Å². The van der Waals surface area contributed by atoms with Gasteiger partial charge in [-0.15, -0.1) is 0 Å². The lowest BCUT2D eigenvalue weighted by Crippen LogP contribution is -2.23. The van der Waals surface area contributed by atoms with Crippen LogP contribution in [-0.4, -0.2) is 19.3 Å². The maximum absolute atomic E-state index is 5.62. The Morgan fingerprint density at radius 3 is 2.35 bits per heavy atom. The first-order valence-corrected chi connectivity index (χ1v) is 6.55. The third kappa shape index (κ3) is 5.33. The highest BCUT2D eigenvalue weighted by Crippen LogP contribution is 2.17. The molecule has 0 aliphatic carbocycles. The maximum atomic E-state index is 5.62. The Kier molecular flexibility index (Phi) is 6.23. The van der Waals surface area contributed by atoms with Gasteiger partial charge < -0.3 is 10.1 Å². The Morgan fingerprint density at radius 2 is 1.82 bits per heavy atom. The topological polar surface area (TPSA) is 21.3 Å². The zero-order valence-electron chi connectivity index (χ0n) is 11.5. The number of nitrogens with one attached hydrogen (secondary N) is 1. The summed E-state index contributed by atoms with van der Waals surface area (Å²) in [5, 5.41) is 3.51. The van der Waals surface area contributed by atoms with Gasteiger partial charge in [-0.2, -0.15) is 0 Å². The largest absolute Gasteiger partial charge is 0.379 e. The van der Waals surface area contributed by atoms with Crippen LogP contribution in [0.5, 0.6) is 0 Å². The lowest BCUT2D eigenvalue weighted by Gasteiger charge is -2.19. The highest BCUT2D eigenvalue weighted by Gasteiger charge is 2.10. The first-order chi connectivity index (χ1) is 8.13. The Bertz CT molecular complexity index is 305. The Balaban J connectivity index is 2.55. The predicted octanol–water partition coefficient (Wildman–Crippen LogP) is 3.46. The Labute approximate surface area is 105 Å². The average molecular weight is 235 g/mol. The summed E-state index contributed by atoms with van der Waals surface area (Å²) in [5.74, 6) is 0. The number of benzene rings is 1. The standard InChI is InChI=1S/C15H25NO/c1-5-16-15(10-11-17-12(2)3)14-8-6-13(4)7-9-14/h6-9,12,15-16H,5,10-11H2,1-4H3. The molecule has 0 aliphatic rings. The fourth-order valence-electron chi connectivity index (χ4n) is 1.85. The average Bonchev–Trinajstić information content (AvgIpc) is 2.29. The number of ether oxygens (including phenoxy) is 1. The van der Waals surface area contributed by atoms with Gasteiger partial charge >= 0.3 is 0 Å². The molecule has 1 aromatic carbocycles. The molecule has 0 spiro atoms. The minimum atomic E-state index is 0.315. The second-order valence-corrected chi connectivity index (χ2v) is 4.73. The lowest BCUT2D eigenvalue weighted by atomic mass is 10.0. The van der Waals surface area contributed by atoms with Gasteiger partial charge in [0.1, 0.15) is 0 Å². The smallest absolute Gasteiger partial charge is 0.0518 e. The fourth-order valence-corrected chi connectivity index (χ4v) is 1.85. The molecule has 17 heavy (non-hydrogen) atoms. The third-order valence-corrected chi connectivity index (χ3v) is 2.79. The summed E-state index contributed by atoms with van der Waals surface area (Å²) in [6.07, 6.45) is 1.34. The van der Waals surface area contributed by atoms with E-state index in [1.165, 1.54) is 11.1 Å². The van der Waals surface area contributed by atoms with Gasteiger partial charge in [0.25, 0.3) is 0 Å². The van der Waals surface area contributed by atoms with Crippen LogP contribution in [0.25, 0.3) is 0 Å². The highest BCUT2D eigenvalue weighted by molar-refractivity contribution is 5.24. The first-order valence-electron chi connectivity index (χ1n) is 6.55. The molecule has 1 N–H and O–H groups in total. The Morgan fingerprint density at radius 1 is 1.18 bits per heavy atom. The second kappa shape index (κ2) is 7.46. The number of rotatable bonds is 7. The SMILES string of the molecule is CCNC(CCOC(C)C)c1ccc(C)cc1. The summed E-state index contributed by atoms with van der Waals surface area (Å²) in [4.78, 5) is 0. The zero-order chi connectivity index (χ0) is 12.7. The number of hydrogen-bond acceptors (Lipinski definition) is 2. The predicted molar refractivity (Wildman–Crippen MR) is 73.3 cm³/mol. The molecule has 0 bridgehead atoms. The molecule has 1 aromatic rings. The molecule has 1 atom stereocenters. The van der Waals surface area contributed by atoms with E-state index in [-0.39, 0.29) is 0 Å². The van der Waals surface area contributed by atoms with Crippen LogP contribution in [0.2, 0.25) is 0 Å². The summed E-state index contributed by atoms with van der Waals surface area (Å²) in [7, 11) is 0. The van der Waals surface area contributed by atoms with Crippen LogP contribution in [-0.2, 0) is 4.74 Å². The van der Waals surface area contributed by atoms with Crippen LogP contribution in [0.4, 0.5) is 0 Å². The molecule has 1 rings (SSSR count). The van der Waals surface area contributed by atoms with E-state index in [2.05, 4.69) is 57.3 Å². The van der Waals surface area contributed by atoms with Crippen LogP contribution in [0.3, 0.4) is 0 Å². The van der Waals surface area contributed by atoms with Gasteiger partial charge in [-0.1, -0.05) is 36.8 Å². The molecular formula is C15H25NO. The van der Waals surface area contributed by atoms with Gasteiger partial charge in [0, 0.05) is 12.6 Å². The van der Waals surface area contributed by atoms with Gasteiger partial charge in [-0.3, -0.25) is 0 Å². The van der Waals surface area contributed by atoms with Gasteiger partial charge in [-0.25, -0.2) is 0 Å². The van der Waals surface area contributed by atoms with Crippen LogP contribution in [0, 0.1) is 6.92 Å². The van der Waals surface area contributed by atoms with Crippen molar-refractivity contribution < 1.29 is 4.74 Å². The molecule has 2 heteroatoms. The molecule has 0 fully saturated rings. The van der Waals surface area contributed by atoms with E-state index in [1.807, 2.05) is 0 Å². The van der Waals surface area contributed by atoms with Crippen LogP contribution >= 0.6 is 0 Å². The summed E-state index contributed by atoms with van der Waals surface area (Å²) in [5.41, 5.74) is 2.66. The molecule has 1 unspecified atom stereocenters. The van der Waals surface area contributed by atoms with Gasteiger partial charge in [-0.05, 0) is 39.3 Å². The molecule has 2 nitrogen and oxygen atoms in total. The van der Waals surface area contributed by atoms with E-state index in [1.54, 1.807) is 0 Å². The van der Waals surface area contributed by atoms with Crippen molar-refractivity contribution in [3.05, 3.63) is 35.4 Å².